The van der Waals surface area contributed by atoms with Crippen LogP contribution >= 0.6 is 0 Å². The third kappa shape index (κ3) is 6.48. The summed E-state index contributed by atoms with van der Waals surface area (Å²) >= 11 is 0. The largest absolute Gasteiger partial charge is 0.573 e. The minimum Gasteiger partial charge on any atom is -0.478 e. The molecule has 0 aliphatic carbocycles. The number of aromatic carboxylic acids is 1. The highest BCUT2D eigenvalue weighted by atomic mass is 32.2. The van der Waals surface area contributed by atoms with Gasteiger partial charge in [0, 0.05) is 5.69 Å². The number of ether oxygens (including phenoxy) is 1. The van der Waals surface area contributed by atoms with Gasteiger partial charge in [-0.25, -0.2) is 13.2 Å². The van der Waals surface area contributed by atoms with Gasteiger partial charge in [-0.1, -0.05) is 24.3 Å². The van der Waals surface area contributed by atoms with Gasteiger partial charge in [-0.05, 0) is 72.5 Å². The zero-order chi connectivity index (χ0) is 23.4. The standard InChI is InChI=1S/C22H18F3NO5S/c23-22(24,25)31-19-10-12-20(13-11-19)32(29,30)26-18-3-1-2-16(14-18)5-4-15-6-8-17(9-7-15)21(27)28/h1-3,6-14,26H,4-5H2,(H,27,28). The first-order valence-corrected chi connectivity index (χ1v) is 10.8. The topological polar surface area (TPSA) is 92.7 Å². The number of hydrogen-bond donors (Lipinski definition) is 2. The number of aryl methyl sites for hydroxylation is 2. The molecule has 0 amide bonds. The number of benzene rings is 3. The fourth-order valence-electron chi connectivity index (χ4n) is 2.93. The van der Waals surface area contributed by atoms with E-state index >= 15 is 0 Å². The molecule has 32 heavy (non-hydrogen) atoms. The smallest absolute Gasteiger partial charge is 0.478 e. The molecule has 3 aromatic rings. The van der Waals surface area contributed by atoms with Crippen LogP contribution < -0.4 is 9.46 Å². The van der Waals surface area contributed by atoms with E-state index in [9.17, 15) is 26.4 Å². The lowest BCUT2D eigenvalue weighted by Gasteiger charge is -2.11. The molecule has 0 fully saturated rings. The molecule has 0 radical (unpaired) electrons. The number of nitrogens with one attached hydrogen (secondary N) is 1. The number of rotatable bonds is 8. The van der Waals surface area contributed by atoms with Crippen molar-refractivity contribution in [1.29, 1.82) is 0 Å². The van der Waals surface area contributed by atoms with Crippen molar-refractivity contribution in [1.82, 2.24) is 0 Å². The van der Waals surface area contributed by atoms with Crippen LogP contribution in [0.25, 0.3) is 0 Å². The predicted molar refractivity (Wildman–Crippen MR) is 111 cm³/mol. The molecule has 0 aliphatic heterocycles. The Morgan fingerprint density at radius 2 is 1.53 bits per heavy atom. The number of anilines is 1. The number of carboxylic acid groups (broad SMARTS) is 1. The van der Waals surface area contributed by atoms with E-state index in [1.54, 1.807) is 30.3 Å². The lowest BCUT2D eigenvalue weighted by Crippen LogP contribution is -2.17. The summed E-state index contributed by atoms with van der Waals surface area (Å²) in [4.78, 5) is 10.7. The van der Waals surface area contributed by atoms with Crippen molar-refractivity contribution in [3.63, 3.8) is 0 Å². The number of carboxylic acids is 1. The number of hydrogen-bond acceptors (Lipinski definition) is 4. The van der Waals surface area contributed by atoms with Gasteiger partial charge in [0.15, 0.2) is 0 Å². The van der Waals surface area contributed by atoms with Gasteiger partial charge in [0.1, 0.15) is 5.75 Å². The zero-order valence-electron chi connectivity index (χ0n) is 16.5. The highest BCUT2D eigenvalue weighted by Crippen LogP contribution is 2.25. The van der Waals surface area contributed by atoms with Gasteiger partial charge >= 0.3 is 12.3 Å². The van der Waals surface area contributed by atoms with E-state index in [-0.39, 0.29) is 10.5 Å². The van der Waals surface area contributed by atoms with Gasteiger partial charge in [-0.3, -0.25) is 4.72 Å². The number of halogens is 3. The molecule has 0 aromatic heterocycles. The highest BCUT2D eigenvalue weighted by molar-refractivity contribution is 7.92. The summed E-state index contributed by atoms with van der Waals surface area (Å²) in [6, 6.07) is 17.1. The molecule has 0 spiro atoms. The Hall–Kier alpha value is -3.53. The van der Waals surface area contributed by atoms with Crippen LogP contribution in [-0.4, -0.2) is 25.9 Å². The molecule has 0 unspecified atom stereocenters. The van der Waals surface area contributed by atoms with Crippen molar-refractivity contribution in [2.75, 3.05) is 4.72 Å². The van der Waals surface area contributed by atoms with Crippen LogP contribution in [0.4, 0.5) is 18.9 Å². The van der Waals surface area contributed by atoms with E-state index < -0.39 is 28.1 Å². The Morgan fingerprint density at radius 3 is 2.12 bits per heavy atom. The maximum absolute atomic E-state index is 12.6. The summed E-state index contributed by atoms with van der Waals surface area (Å²) in [6.07, 6.45) is -3.65. The molecule has 2 N–H and O–H groups in total. The van der Waals surface area contributed by atoms with Crippen molar-refractivity contribution in [3.05, 3.63) is 89.5 Å². The van der Waals surface area contributed by atoms with Gasteiger partial charge in [-0.2, -0.15) is 0 Å². The molecule has 10 heteroatoms. The van der Waals surface area contributed by atoms with Crippen LogP contribution in [0.15, 0.2) is 77.7 Å². The Bertz CT molecular complexity index is 1190. The maximum atomic E-state index is 12.6. The number of carbonyl (C=O) groups is 1. The molecule has 0 heterocycles. The van der Waals surface area contributed by atoms with Gasteiger partial charge in [0.2, 0.25) is 0 Å². The summed E-state index contributed by atoms with van der Waals surface area (Å²) in [7, 11) is -4.01. The van der Waals surface area contributed by atoms with E-state index in [1.807, 2.05) is 6.07 Å². The zero-order valence-corrected chi connectivity index (χ0v) is 17.3. The van der Waals surface area contributed by atoms with Crippen LogP contribution in [0.2, 0.25) is 0 Å². The third-order valence-electron chi connectivity index (χ3n) is 4.45. The van der Waals surface area contributed by atoms with E-state index in [4.69, 9.17) is 5.11 Å². The lowest BCUT2D eigenvalue weighted by molar-refractivity contribution is -0.274. The van der Waals surface area contributed by atoms with Crippen LogP contribution in [-0.2, 0) is 22.9 Å². The fraction of sp³-hybridized carbons (Fsp3) is 0.136. The minimum absolute atomic E-state index is 0.197. The van der Waals surface area contributed by atoms with E-state index in [0.717, 1.165) is 35.4 Å². The van der Waals surface area contributed by atoms with Gasteiger partial charge in [-0.15, -0.1) is 13.2 Å². The second-order valence-electron chi connectivity index (χ2n) is 6.83. The molecule has 168 valence electrons. The van der Waals surface area contributed by atoms with Crippen LogP contribution in [0.1, 0.15) is 21.5 Å². The second kappa shape index (κ2) is 9.31. The Morgan fingerprint density at radius 1 is 0.906 bits per heavy atom. The Kier molecular flexibility index (Phi) is 6.73. The molecule has 0 atom stereocenters. The summed E-state index contributed by atoms with van der Waals surface area (Å²) in [5.41, 5.74) is 2.28. The van der Waals surface area contributed by atoms with Crippen LogP contribution in [0.5, 0.6) is 5.75 Å². The monoisotopic (exact) mass is 465 g/mol. The minimum atomic E-state index is -4.86. The number of sulfonamides is 1. The van der Waals surface area contributed by atoms with Crippen LogP contribution in [0.3, 0.4) is 0 Å². The second-order valence-corrected chi connectivity index (χ2v) is 8.51. The summed E-state index contributed by atoms with van der Waals surface area (Å²) in [5, 5.41) is 8.94. The van der Waals surface area contributed by atoms with E-state index in [2.05, 4.69) is 9.46 Å². The quantitative estimate of drug-likeness (QED) is 0.495. The summed E-state index contributed by atoms with van der Waals surface area (Å²) < 4.78 is 68.0. The Balaban J connectivity index is 1.66. The molecule has 3 aromatic carbocycles. The molecular formula is C22H18F3NO5S. The van der Waals surface area contributed by atoms with E-state index in [1.165, 1.54) is 12.1 Å². The van der Waals surface area contributed by atoms with Crippen molar-refractivity contribution < 1.29 is 36.2 Å². The first kappa shape index (κ1) is 23.1. The molecule has 6 nitrogen and oxygen atoms in total. The average molecular weight is 465 g/mol. The van der Waals surface area contributed by atoms with Crippen molar-refractivity contribution in [3.8, 4) is 5.75 Å². The lowest BCUT2D eigenvalue weighted by atomic mass is 10.0. The Labute approximate surface area is 182 Å². The van der Waals surface area contributed by atoms with E-state index in [0.29, 0.717) is 18.5 Å². The van der Waals surface area contributed by atoms with Crippen LogP contribution in [0, 0.1) is 0 Å². The van der Waals surface area contributed by atoms with Gasteiger partial charge in [0.25, 0.3) is 10.0 Å². The molecule has 0 aliphatic rings. The third-order valence-corrected chi connectivity index (χ3v) is 5.85. The van der Waals surface area contributed by atoms with Crippen molar-refractivity contribution in [2.24, 2.45) is 0 Å². The molecule has 0 saturated heterocycles. The van der Waals surface area contributed by atoms with Crippen molar-refractivity contribution in [2.45, 2.75) is 24.1 Å². The first-order valence-electron chi connectivity index (χ1n) is 9.32. The normalized spacial score (nSPS) is 11.7. The number of alkyl halides is 3. The summed E-state index contributed by atoms with van der Waals surface area (Å²) in [5.74, 6) is -1.52. The molecule has 0 bridgehead atoms. The molecular weight excluding hydrogens is 447 g/mol. The predicted octanol–water partition coefficient (Wildman–Crippen LogP) is 4.87. The van der Waals surface area contributed by atoms with Crippen molar-refractivity contribution >= 4 is 21.7 Å². The fourth-order valence-corrected chi connectivity index (χ4v) is 3.98. The van der Waals surface area contributed by atoms with Gasteiger partial charge in [0.05, 0.1) is 10.5 Å². The first-order chi connectivity index (χ1) is 15.0. The molecule has 0 saturated carbocycles. The highest BCUT2D eigenvalue weighted by Gasteiger charge is 2.31. The summed E-state index contributed by atoms with van der Waals surface area (Å²) in [6.45, 7) is 0. The van der Waals surface area contributed by atoms with Gasteiger partial charge < -0.3 is 9.84 Å². The maximum Gasteiger partial charge on any atom is 0.573 e. The molecule has 3 rings (SSSR count). The average Bonchev–Trinajstić information content (AvgIpc) is 2.72. The SMILES string of the molecule is O=C(O)c1ccc(CCc2cccc(NS(=O)(=O)c3ccc(OC(F)(F)F)cc3)c2)cc1.